The molecular formula is C19H16N2O4S2. The Balaban J connectivity index is 1.85. The van der Waals surface area contributed by atoms with Crippen LogP contribution in [0.2, 0.25) is 0 Å². The number of hydrogen-bond acceptors (Lipinski definition) is 5. The van der Waals surface area contributed by atoms with Crippen LogP contribution in [0.15, 0.2) is 59.6 Å². The topological polar surface area (TPSA) is 76.5 Å². The molecule has 6 nitrogen and oxygen atoms in total. The molecule has 0 bridgehead atoms. The Morgan fingerprint density at radius 3 is 2.33 bits per heavy atom. The third kappa shape index (κ3) is 2.76. The van der Waals surface area contributed by atoms with E-state index in [-0.39, 0.29) is 16.0 Å². The van der Waals surface area contributed by atoms with Crippen molar-refractivity contribution in [1.29, 1.82) is 0 Å². The van der Waals surface area contributed by atoms with Gasteiger partial charge >= 0.3 is 0 Å². The molecule has 0 spiro atoms. The molecule has 1 aromatic heterocycles. The summed E-state index contributed by atoms with van der Waals surface area (Å²) in [6, 6.07) is 13.5. The Morgan fingerprint density at radius 2 is 1.70 bits per heavy atom. The average molecular weight is 400 g/mol. The lowest BCUT2D eigenvalue weighted by molar-refractivity contribution is -0.125. The van der Waals surface area contributed by atoms with Gasteiger partial charge in [-0.25, -0.2) is 12.4 Å². The van der Waals surface area contributed by atoms with E-state index in [1.165, 1.54) is 17.2 Å². The highest BCUT2D eigenvalue weighted by Gasteiger charge is 2.39. The summed E-state index contributed by atoms with van der Waals surface area (Å²) in [5.41, 5.74) is 2.08. The molecule has 138 valence electrons. The van der Waals surface area contributed by atoms with Crippen molar-refractivity contribution in [3.8, 4) is 0 Å². The van der Waals surface area contributed by atoms with E-state index in [0.717, 1.165) is 22.2 Å². The molecular weight excluding hydrogens is 384 g/mol. The standard InChI is InChI=1S/C19H16N2O4S2/c1-12-6-8-13(9-7-12)27(24,25)21-11-10-14-15(4-3-5-16(14)21)17-18(22)20(2)19(23)26-17/h3-11,17H,1-2H3. The van der Waals surface area contributed by atoms with Crippen LogP contribution in [-0.2, 0) is 14.8 Å². The fraction of sp³-hybridized carbons (Fsp3) is 0.158. The summed E-state index contributed by atoms with van der Waals surface area (Å²) in [6.45, 7) is 1.89. The fourth-order valence-electron chi connectivity index (χ4n) is 3.12. The Bertz CT molecular complexity index is 1180. The minimum absolute atomic E-state index is 0.192. The minimum Gasteiger partial charge on any atom is -0.275 e. The van der Waals surface area contributed by atoms with Crippen molar-refractivity contribution in [2.24, 2.45) is 0 Å². The first kappa shape index (κ1) is 17.8. The Kier molecular flexibility index (Phi) is 4.12. The average Bonchev–Trinajstić information content (AvgIpc) is 3.19. The lowest BCUT2D eigenvalue weighted by atomic mass is 10.1. The third-order valence-electron chi connectivity index (χ3n) is 4.64. The Morgan fingerprint density at radius 1 is 1.00 bits per heavy atom. The van der Waals surface area contributed by atoms with Gasteiger partial charge < -0.3 is 0 Å². The smallest absolute Gasteiger partial charge is 0.275 e. The number of imide groups is 1. The zero-order chi connectivity index (χ0) is 19.3. The van der Waals surface area contributed by atoms with E-state index < -0.39 is 15.3 Å². The highest BCUT2D eigenvalue weighted by atomic mass is 32.2. The number of thioether (sulfide) groups is 1. The van der Waals surface area contributed by atoms with Crippen molar-refractivity contribution in [2.75, 3.05) is 7.05 Å². The molecule has 27 heavy (non-hydrogen) atoms. The van der Waals surface area contributed by atoms with Crippen LogP contribution in [0.1, 0.15) is 16.4 Å². The molecule has 2 aromatic carbocycles. The van der Waals surface area contributed by atoms with Crippen molar-refractivity contribution in [3.63, 3.8) is 0 Å². The summed E-state index contributed by atoms with van der Waals surface area (Å²) >= 11 is 0.943. The summed E-state index contributed by atoms with van der Waals surface area (Å²) in [5, 5.41) is -0.333. The number of benzene rings is 2. The zero-order valence-corrected chi connectivity index (χ0v) is 16.3. The minimum atomic E-state index is -3.77. The second-order valence-electron chi connectivity index (χ2n) is 6.37. The molecule has 2 amide bonds. The van der Waals surface area contributed by atoms with Crippen LogP contribution in [0.3, 0.4) is 0 Å². The number of fused-ring (bicyclic) bond motifs is 1. The number of likely N-dealkylation sites (N-methyl/N-ethyl adjacent to an activating group) is 1. The molecule has 8 heteroatoms. The van der Waals surface area contributed by atoms with E-state index in [1.807, 2.05) is 6.92 Å². The van der Waals surface area contributed by atoms with Gasteiger partial charge in [0.05, 0.1) is 10.4 Å². The summed E-state index contributed by atoms with van der Waals surface area (Å²) in [7, 11) is -2.32. The highest BCUT2D eigenvalue weighted by Crippen LogP contribution is 2.41. The van der Waals surface area contributed by atoms with Crippen molar-refractivity contribution in [2.45, 2.75) is 17.1 Å². The van der Waals surface area contributed by atoms with Gasteiger partial charge in [-0.1, -0.05) is 29.8 Å². The molecule has 3 aromatic rings. The van der Waals surface area contributed by atoms with Gasteiger partial charge in [-0.2, -0.15) is 0 Å². The molecule has 1 atom stereocenters. The molecule has 2 heterocycles. The molecule has 1 fully saturated rings. The number of carbonyl (C=O) groups is 2. The maximum Gasteiger partial charge on any atom is 0.289 e. The number of carbonyl (C=O) groups excluding carboxylic acids is 2. The first-order valence-corrected chi connectivity index (χ1v) is 10.5. The third-order valence-corrected chi connectivity index (χ3v) is 7.51. The first-order valence-electron chi connectivity index (χ1n) is 8.21. The highest BCUT2D eigenvalue weighted by molar-refractivity contribution is 8.15. The van der Waals surface area contributed by atoms with Crippen LogP contribution in [0.5, 0.6) is 0 Å². The molecule has 0 radical (unpaired) electrons. The summed E-state index contributed by atoms with van der Waals surface area (Å²) in [5.74, 6) is -0.299. The van der Waals surface area contributed by atoms with Gasteiger partial charge in [0, 0.05) is 18.6 Å². The van der Waals surface area contributed by atoms with Crippen LogP contribution >= 0.6 is 11.8 Å². The lowest BCUT2D eigenvalue weighted by Gasteiger charge is -2.11. The quantitative estimate of drug-likeness (QED) is 0.672. The number of nitrogens with zero attached hydrogens (tertiary/aromatic N) is 2. The normalized spacial score (nSPS) is 17.9. The number of aromatic nitrogens is 1. The summed E-state index contributed by atoms with van der Waals surface area (Å²) in [6.07, 6.45) is 1.49. The Hall–Kier alpha value is -2.58. The van der Waals surface area contributed by atoms with Gasteiger partial charge in [-0.15, -0.1) is 0 Å². The second kappa shape index (κ2) is 6.24. The second-order valence-corrected chi connectivity index (χ2v) is 9.24. The fourth-order valence-corrected chi connectivity index (χ4v) is 5.51. The molecule has 0 saturated carbocycles. The van der Waals surface area contributed by atoms with Crippen molar-refractivity contribution >= 4 is 43.8 Å². The van der Waals surface area contributed by atoms with Gasteiger partial charge in [0.15, 0.2) is 0 Å². The molecule has 1 saturated heterocycles. The van der Waals surface area contributed by atoms with E-state index in [0.29, 0.717) is 16.5 Å². The van der Waals surface area contributed by atoms with Crippen LogP contribution in [0.25, 0.3) is 10.9 Å². The molecule has 1 aliphatic heterocycles. The number of aryl methyl sites for hydroxylation is 1. The Labute approximate surface area is 160 Å². The van der Waals surface area contributed by atoms with Gasteiger partial charge in [-0.05, 0) is 48.5 Å². The maximum atomic E-state index is 13.0. The number of hydrogen-bond donors (Lipinski definition) is 0. The van der Waals surface area contributed by atoms with Gasteiger partial charge in [0.2, 0.25) is 5.91 Å². The van der Waals surface area contributed by atoms with Crippen LogP contribution in [0, 0.1) is 6.92 Å². The molecule has 4 rings (SSSR count). The van der Waals surface area contributed by atoms with E-state index in [1.54, 1.807) is 48.5 Å². The van der Waals surface area contributed by atoms with Crippen molar-refractivity contribution in [1.82, 2.24) is 8.87 Å². The lowest BCUT2D eigenvalue weighted by Crippen LogP contribution is -2.24. The van der Waals surface area contributed by atoms with Gasteiger partial charge in [0.25, 0.3) is 15.3 Å². The predicted octanol–water partition coefficient (Wildman–Crippen LogP) is 3.55. The van der Waals surface area contributed by atoms with Crippen LogP contribution in [-0.4, -0.2) is 35.5 Å². The number of rotatable bonds is 3. The molecule has 1 aliphatic rings. The summed E-state index contributed by atoms with van der Waals surface area (Å²) in [4.78, 5) is 25.5. The van der Waals surface area contributed by atoms with Crippen molar-refractivity contribution < 1.29 is 18.0 Å². The molecule has 1 unspecified atom stereocenters. The SMILES string of the molecule is Cc1ccc(S(=O)(=O)n2ccc3c(C4SC(=O)N(C)C4=O)cccc32)cc1. The zero-order valence-electron chi connectivity index (χ0n) is 14.6. The van der Waals surface area contributed by atoms with E-state index in [9.17, 15) is 18.0 Å². The van der Waals surface area contributed by atoms with Crippen LogP contribution < -0.4 is 0 Å². The predicted molar refractivity (Wildman–Crippen MR) is 104 cm³/mol. The van der Waals surface area contributed by atoms with E-state index >= 15 is 0 Å². The first-order chi connectivity index (χ1) is 12.8. The van der Waals surface area contributed by atoms with E-state index in [2.05, 4.69) is 0 Å². The van der Waals surface area contributed by atoms with Crippen molar-refractivity contribution in [3.05, 3.63) is 65.9 Å². The maximum absolute atomic E-state index is 13.0. The monoisotopic (exact) mass is 400 g/mol. The molecule has 0 aliphatic carbocycles. The largest absolute Gasteiger partial charge is 0.289 e. The van der Waals surface area contributed by atoms with E-state index in [4.69, 9.17) is 0 Å². The van der Waals surface area contributed by atoms with Gasteiger partial charge in [0.1, 0.15) is 5.25 Å². The molecule has 0 N–H and O–H groups in total. The van der Waals surface area contributed by atoms with Gasteiger partial charge in [-0.3, -0.25) is 14.5 Å². The number of amides is 2. The van der Waals surface area contributed by atoms with Crippen LogP contribution in [0.4, 0.5) is 4.79 Å². The summed E-state index contributed by atoms with van der Waals surface area (Å²) < 4.78 is 27.3.